The van der Waals surface area contributed by atoms with Crippen LogP contribution in [0.5, 0.6) is 0 Å². The molecule has 0 aromatic rings. The Balaban J connectivity index is 1.79. The zero-order chi connectivity index (χ0) is 15.5. The lowest BCUT2D eigenvalue weighted by atomic mass is 9.52. The Kier molecular flexibility index (Phi) is 3.78. The minimum absolute atomic E-state index is 0.603. The van der Waals surface area contributed by atoms with E-state index in [2.05, 4.69) is 41.5 Å². The van der Waals surface area contributed by atoms with E-state index < -0.39 is 0 Å². The molecular weight excluding hydrogens is 252 g/mol. The molecule has 3 aliphatic carbocycles. The van der Waals surface area contributed by atoms with Gasteiger partial charge in [-0.15, -0.1) is 0 Å². The largest absolute Gasteiger partial charge is 0.0654 e. The second kappa shape index (κ2) is 5.00. The molecule has 3 rings (SSSR count). The molecule has 7 unspecified atom stereocenters. The van der Waals surface area contributed by atoms with Crippen molar-refractivity contribution in [1.82, 2.24) is 0 Å². The van der Waals surface area contributed by atoms with Crippen LogP contribution >= 0.6 is 0 Å². The maximum absolute atomic E-state index is 2.70. The fourth-order valence-corrected chi connectivity index (χ4v) is 6.57. The lowest BCUT2D eigenvalue weighted by molar-refractivity contribution is -0.0356. The van der Waals surface area contributed by atoms with Crippen molar-refractivity contribution in [2.45, 2.75) is 92.9 Å². The molecule has 7 atom stereocenters. The Hall–Kier alpha value is 0. The molecule has 122 valence electrons. The molecule has 3 saturated carbocycles. The molecular formula is C21H38. The van der Waals surface area contributed by atoms with E-state index in [1.165, 1.54) is 44.9 Å². The van der Waals surface area contributed by atoms with Crippen molar-refractivity contribution in [3.8, 4) is 0 Å². The van der Waals surface area contributed by atoms with E-state index in [0.29, 0.717) is 10.8 Å². The average Bonchev–Trinajstić information content (AvgIpc) is 3.36. The average molecular weight is 291 g/mol. The van der Waals surface area contributed by atoms with Crippen LogP contribution < -0.4 is 0 Å². The zero-order valence-corrected chi connectivity index (χ0v) is 15.5. The maximum Gasteiger partial charge on any atom is -0.0235 e. The van der Waals surface area contributed by atoms with Gasteiger partial charge in [-0.25, -0.2) is 0 Å². The van der Waals surface area contributed by atoms with Gasteiger partial charge < -0.3 is 0 Å². The predicted molar refractivity (Wildman–Crippen MR) is 92.2 cm³/mol. The van der Waals surface area contributed by atoms with E-state index in [1.54, 1.807) is 6.42 Å². The molecule has 0 spiro atoms. The number of fused-ring (bicyclic) bond motifs is 1. The molecule has 0 amide bonds. The molecule has 0 radical (unpaired) electrons. The highest BCUT2D eigenvalue weighted by molar-refractivity contribution is 5.18. The summed E-state index contributed by atoms with van der Waals surface area (Å²) in [4.78, 5) is 0. The monoisotopic (exact) mass is 290 g/mol. The van der Waals surface area contributed by atoms with Crippen LogP contribution in [0.3, 0.4) is 0 Å². The van der Waals surface area contributed by atoms with Crippen LogP contribution in [-0.4, -0.2) is 0 Å². The standard InChI is InChI=1S/C21H38/c1-7-10-16-15(4)17(16)13-20(6)18-14-21(18,9-3)12-11-19(20,5)8-2/h15-18H,7-14H2,1-6H3. The van der Waals surface area contributed by atoms with Crippen molar-refractivity contribution >= 4 is 0 Å². The molecule has 3 fully saturated rings. The highest BCUT2D eigenvalue weighted by Crippen LogP contribution is 2.77. The van der Waals surface area contributed by atoms with Crippen LogP contribution in [0.25, 0.3) is 0 Å². The van der Waals surface area contributed by atoms with Gasteiger partial charge in [-0.1, -0.05) is 67.2 Å². The molecule has 0 aromatic heterocycles. The summed E-state index contributed by atoms with van der Waals surface area (Å²) in [5.74, 6) is 4.17. The van der Waals surface area contributed by atoms with E-state index in [1.807, 2.05) is 0 Å². The van der Waals surface area contributed by atoms with Gasteiger partial charge in [-0.2, -0.15) is 0 Å². The van der Waals surface area contributed by atoms with Crippen molar-refractivity contribution in [2.24, 2.45) is 39.9 Å². The predicted octanol–water partition coefficient (Wildman–Crippen LogP) is 6.69. The van der Waals surface area contributed by atoms with Crippen LogP contribution in [0.1, 0.15) is 92.9 Å². The Labute approximate surface area is 133 Å². The Morgan fingerprint density at radius 3 is 2.24 bits per heavy atom. The quantitative estimate of drug-likeness (QED) is 0.511. The lowest BCUT2D eigenvalue weighted by Gasteiger charge is -2.53. The van der Waals surface area contributed by atoms with Crippen molar-refractivity contribution in [3.05, 3.63) is 0 Å². The fraction of sp³-hybridized carbons (Fsp3) is 1.00. The summed E-state index contributed by atoms with van der Waals surface area (Å²) in [6.45, 7) is 15.1. The first kappa shape index (κ1) is 15.9. The normalized spacial score (nSPS) is 55.1. The molecule has 3 aliphatic rings. The third-order valence-electron chi connectivity index (χ3n) is 9.04. The first-order valence-electron chi connectivity index (χ1n) is 9.87. The summed E-state index contributed by atoms with van der Waals surface area (Å²) < 4.78 is 0. The summed E-state index contributed by atoms with van der Waals surface area (Å²) in [6, 6.07) is 0. The summed E-state index contributed by atoms with van der Waals surface area (Å²) >= 11 is 0. The molecule has 0 saturated heterocycles. The van der Waals surface area contributed by atoms with Crippen LogP contribution in [0, 0.1) is 39.9 Å². The summed E-state index contributed by atoms with van der Waals surface area (Å²) in [5, 5.41) is 0. The van der Waals surface area contributed by atoms with Gasteiger partial charge in [0.15, 0.2) is 0 Å². The highest BCUT2D eigenvalue weighted by Gasteiger charge is 2.69. The van der Waals surface area contributed by atoms with E-state index in [-0.39, 0.29) is 0 Å². The van der Waals surface area contributed by atoms with Crippen LogP contribution in [0.2, 0.25) is 0 Å². The molecule has 21 heavy (non-hydrogen) atoms. The molecule has 0 N–H and O–H groups in total. The third kappa shape index (κ3) is 2.14. The summed E-state index contributed by atoms with van der Waals surface area (Å²) in [6.07, 6.45) is 11.8. The van der Waals surface area contributed by atoms with E-state index >= 15 is 0 Å². The van der Waals surface area contributed by atoms with Crippen LogP contribution in [-0.2, 0) is 0 Å². The van der Waals surface area contributed by atoms with Gasteiger partial charge in [0.1, 0.15) is 0 Å². The first-order chi connectivity index (χ1) is 9.87. The number of hydrogen-bond acceptors (Lipinski definition) is 0. The lowest BCUT2D eigenvalue weighted by Crippen LogP contribution is -2.44. The number of rotatable bonds is 6. The molecule has 0 heteroatoms. The molecule has 0 heterocycles. The zero-order valence-electron chi connectivity index (χ0n) is 15.5. The van der Waals surface area contributed by atoms with Gasteiger partial charge in [0.25, 0.3) is 0 Å². The first-order valence-corrected chi connectivity index (χ1v) is 9.87. The van der Waals surface area contributed by atoms with Gasteiger partial charge in [-0.3, -0.25) is 0 Å². The van der Waals surface area contributed by atoms with Crippen molar-refractivity contribution in [3.63, 3.8) is 0 Å². The topological polar surface area (TPSA) is 0 Å². The highest BCUT2D eigenvalue weighted by atomic mass is 14.7. The second-order valence-electron chi connectivity index (χ2n) is 9.48. The van der Waals surface area contributed by atoms with Gasteiger partial charge in [0.05, 0.1) is 0 Å². The van der Waals surface area contributed by atoms with Gasteiger partial charge in [0.2, 0.25) is 0 Å². The minimum atomic E-state index is 0.603. The van der Waals surface area contributed by atoms with Crippen LogP contribution in [0.15, 0.2) is 0 Å². The van der Waals surface area contributed by atoms with E-state index in [0.717, 1.165) is 29.1 Å². The van der Waals surface area contributed by atoms with Crippen molar-refractivity contribution < 1.29 is 0 Å². The van der Waals surface area contributed by atoms with Crippen molar-refractivity contribution in [2.75, 3.05) is 0 Å². The number of hydrogen-bond donors (Lipinski definition) is 0. The fourth-order valence-electron chi connectivity index (χ4n) is 6.57. The summed E-state index contributed by atoms with van der Waals surface area (Å²) in [7, 11) is 0. The second-order valence-corrected chi connectivity index (χ2v) is 9.48. The Morgan fingerprint density at radius 2 is 1.67 bits per heavy atom. The van der Waals surface area contributed by atoms with E-state index in [4.69, 9.17) is 0 Å². The maximum atomic E-state index is 2.70. The van der Waals surface area contributed by atoms with Gasteiger partial charge in [-0.05, 0) is 65.6 Å². The van der Waals surface area contributed by atoms with Crippen molar-refractivity contribution in [1.29, 1.82) is 0 Å². The molecule has 0 nitrogen and oxygen atoms in total. The summed E-state index contributed by atoms with van der Waals surface area (Å²) in [5.41, 5.74) is 1.99. The SMILES string of the molecule is CCCC1C(C)C1CC1(C)C2CC2(CC)CCC1(C)CC. The van der Waals surface area contributed by atoms with E-state index in [9.17, 15) is 0 Å². The Bertz CT molecular complexity index is 399. The molecule has 0 aromatic carbocycles. The Morgan fingerprint density at radius 1 is 0.952 bits per heavy atom. The molecule has 0 aliphatic heterocycles. The van der Waals surface area contributed by atoms with Gasteiger partial charge in [0, 0.05) is 0 Å². The molecule has 0 bridgehead atoms. The minimum Gasteiger partial charge on any atom is -0.0654 e. The third-order valence-corrected chi connectivity index (χ3v) is 9.04. The smallest absolute Gasteiger partial charge is 0.0235 e. The van der Waals surface area contributed by atoms with Gasteiger partial charge >= 0.3 is 0 Å². The van der Waals surface area contributed by atoms with Crippen LogP contribution in [0.4, 0.5) is 0 Å².